The van der Waals surface area contributed by atoms with Crippen molar-refractivity contribution >= 4 is 33.2 Å². The van der Waals surface area contributed by atoms with Crippen molar-refractivity contribution in [2.75, 3.05) is 17.2 Å². The Balaban J connectivity index is 1.90. The third-order valence-corrected chi connectivity index (χ3v) is 5.05. The maximum Gasteiger partial charge on any atom is 0.245 e. The van der Waals surface area contributed by atoms with E-state index < -0.39 is 10.0 Å². The number of sulfonamides is 1. The van der Waals surface area contributed by atoms with Crippen molar-refractivity contribution in [1.82, 2.24) is 9.88 Å². The lowest BCUT2D eigenvalue weighted by molar-refractivity contribution is -0.116. The molecule has 0 spiro atoms. The predicted octanol–water partition coefficient (Wildman–Crippen LogP) is 1.56. The minimum Gasteiger partial charge on any atom is -0.360 e. The van der Waals surface area contributed by atoms with Crippen LogP contribution >= 0.6 is 0 Å². The van der Waals surface area contributed by atoms with Crippen LogP contribution in [0.3, 0.4) is 0 Å². The molecule has 0 aliphatic carbocycles. The van der Waals surface area contributed by atoms with Crippen LogP contribution in [0.25, 0.3) is 0 Å². The molecule has 9 nitrogen and oxygen atoms in total. The molecule has 0 bridgehead atoms. The molecule has 0 fully saturated rings. The largest absolute Gasteiger partial charge is 0.360 e. The first-order valence-electron chi connectivity index (χ1n) is 7.79. The Morgan fingerprint density at radius 1 is 1.15 bits per heavy atom. The first-order valence-corrected chi connectivity index (χ1v) is 9.27. The van der Waals surface area contributed by atoms with Crippen molar-refractivity contribution in [3.05, 3.63) is 35.7 Å². The number of carbonyl (C=O) groups is 2. The molecule has 1 heterocycles. The number of amides is 2. The van der Waals surface area contributed by atoms with E-state index in [4.69, 9.17) is 4.52 Å². The van der Waals surface area contributed by atoms with E-state index in [-0.39, 0.29) is 41.1 Å². The lowest BCUT2D eigenvalue weighted by Gasteiger charge is -2.09. The van der Waals surface area contributed by atoms with Crippen molar-refractivity contribution in [3.63, 3.8) is 0 Å². The lowest BCUT2D eigenvalue weighted by Crippen LogP contribution is -2.28. The number of aromatic nitrogens is 1. The highest BCUT2D eigenvalue weighted by Gasteiger charge is 2.23. The molecule has 0 saturated heterocycles. The molecule has 0 aliphatic heterocycles. The Morgan fingerprint density at radius 2 is 1.81 bits per heavy atom. The summed E-state index contributed by atoms with van der Waals surface area (Å²) in [4.78, 5) is 23.0. The molecule has 1 aromatic carbocycles. The van der Waals surface area contributed by atoms with Crippen LogP contribution in [0.2, 0.25) is 0 Å². The zero-order valence-electron chi connectivity index (χ0n) is 14.6. The summed E-state index contributed by atoms with van der Waals surface area (Å²) < 4.78 is 31.7. The number of aryl methyl sites for hydroxylation is 2. The number of carbonyl (C=O) groups excluding carboxylic acids is 2. The standard InChI is InChI=1S/C16H20N4O5S/c1-10-16(11(2)25-20-10)26(23,24)17-8-7-15(22)19-14-6-4-5-13(9-14)18-12(3)21/h4-6,9,17H,7-8H2,1-3H3,(H,18,21)(H,19,22). The van der Waals surface area contributed by atoms with Crippen LogP contribution in [0.15, 0.2) is 33.7 Å². The topological polar surface area (TPSA) is 130 Å². The number of rotatable bonds is 7. The van der Waals surface area contributed by atoms with E-state index in [1.54, 1.807) is 24.3 Å². The van der Waals surface area contributed by atoms with E-state index in [1.807, 2.05) is 0 Å². The zero-order valence-corrected chi connectivity index (χ0v) is 15.4. The summed E-state index contributed by atoms with van der Waals surface area (Å²) in [5.74, 6) is -0.400. The smallest absolute Gasteiger partial charge is 0.245 e. The van der Waals surface area contributed by atoms with Gasteiger partial charge in [-0.2, -0.15) is 0 Å². The van der Waals surface area contributed by atoms with Gasteiger partial charge in [0.05, 0.1) is 0 Å². The van der Waals surface area contributed by atoms with Gasteiger partial charge in [0.1, 0.15) is 10.6 Å². The van der Waals surface area contributed by atoms with Gasteiger partial charge in [0.2, 0.25) is 21.8 Å². The van der Waals surface area contributed by atoms with Gasteiger partial charge in [0.15, 0.2) is 5.76 Å². The average Bonchev–Trinajstić information content (AvgIpc) is 2.86. The summed E-state index contributed by atoms with van der Waals surface area (Å²) >= 11 is 0. The highest BCUT2D eigenvalue weighted by molar-refractivity contribution is 7.89. The van der Waals surface area contributed by atoms with E-state index >= 15 is 0 Å². The summed E-state index contributed by atoms with van der Waals surface area (Å²) in [5.41, 5.74) is 1.30. The van der Waals surface area contributed by atoms with Gasteiger partial charge in [0, 0.05) is 31.3 Å². The van der Waals surface area contributed by atoms with Crippen LogP contribution in [0, 0.1) is 13.8 Å². The summed E-state index contributed by atoms with van der Waals surface area (Å²) in [6.45, 7) is 4.34. The minimum absolute atomic E-state index is 0.0130. The molecule has 3 N–H and O–H groups in total. The predicted molar refractivity (Wildman–Crippen MR) is 95.2 cm³/mol. The Kier molecular flexibility index (Phi) is 6.11. The van der Waals surface area contributed by atoms with Gasteiger partial charge in [-0.15, -0.1) is 0 Å². The molecule has 10 heteroatoms. The molecule has 0 radical (unpaired) electrons. The van der Waals surface area contributed by atoms with Gasteiger partial charge in [-0.1, -0.05) is 11.2 Å². The van der Waals surface area contributed by atoms with Crippen molar-refractivity contribution in [1.29, 1.82) is 0 Å². The lowest BCUT2D eigenvalue weighted by atomic mass is 10.2. The van der Waals surface area contributed by atoms with Crippen LogP contribution in [-0.2, 0) is 19.6 Å². The fourth-order valence-corrected chi connectivity index (χ4v) is 3.69. The number of hydrogen-bond donors (Lipinski definition) is 3. The Morgan fingerprint density at radius 3 is 2.38 bits per heavy atom. The number of nitrogens with one attached hydrogen (secondary N) is 3. The first-order chi connectivity index (χ1) is 12.2. The molecular weight excluding hydrogens is 360 g/mol. The van der Waals surface area contributed by atoms with Gasteiger partial charge in [-0.25, -0.2) is 13.1 Å². The molecule has 2 aromatic rings. The second-order valence-electron chi connectivity index (χ2n) is 5.61. The van der Waals surface area contributed by atoms with Crippen LogP contribution < -0.4 is 15.4 Å². The average molecular weight is 380 g/mol. The number of anilines is 2. The van der Waals surface area contributed by atoms with Gasteiger partial charge in [0.25, 0.3) is 0 Å². The van der Waals surface area contributed by atoms with Crippen molar-refractivity contribution in [3.8, 4) is 0 Å². The van der Waals surface area contributed by atoms with Crippen molar-refractivity contribution < 1.29 is 22.5 Å². The first kappa shape index (κ1) is 19.6. The highest BCUT2D eigenvalue weighted by atomic mass is 32.2. The molecule has 0 atom stereocenters. The number of hydrogen-bond acceptors (Lipinski definition) is 6. The van der Waals surface area contributed by atoms with Gasteiger partial charge in [-0.05, 0) is 32.0 Å². The molecule has 0 unspecified atom stereocenters. The fourth-order valence-electron chi connectivity index (χ4n) is 2.33. The van der Waals surface area contributed by atoms with Crippen molar-refractivity contribution in [2.45, 2.75) is 32.1 Å². The second kappa shape index (κ2) is 8.11. The summed E-state index contributed by atoms with van der Waals surface area (Å²) in [7, 11) is -3.80. The van der Waals surface area contributed by atoms with Gasteiger partial charge < -0.3 is 15.2 Å². The summed E-state index contributed by atoms with van der Waals surface area (Å²) in [5, 5.41) is 8.86. The van der Waals surface area contributed by atoms with Crippen LogP contribution in [0.1, 0.15) is 24.8 Å². The Hall–Kier alpha value is -2.72. The Labute approximate surface area is 151 Å². The van der Waals surface area contributed by atoms with Crippen LogP contribution in [0.4, 0.5) is 11.4 Å². The third-order valence-electron chi connectivity index (χ3n) is 3.35. The van der Waals surface area contributed by atoms with Crippen LogP contribution in [-0.4, -0.2) is 31.9 Å². The zero-order chi connectivity index (χ0) is 19.3. The molecule has 0 saturated carbocycles. The van der Waals surface area contributed by atoms with Gasteiger partial charge in [-0.3, -0.25) is 9.59 Å². The summed E-state index contributed by atoms with van der Waals surface area (Å²) in [6, 6.07) is 6.64. The van der Waals surface area contributed by atoms with Crippen molar-refractivity contribution in [2.24, 2.45) is 0 Å². The molecule has 1 aromatic heterocycles. The molecule has 0 aliphatic rings. The van der Waals surface area contributed by atoms with Crippen LogP contribution in [0.5, 0.6) is 0 Å². The maximum absolute atomic E-state index is 12.2. The monoisotopic (exact) mass is 380 g/mol. The van der Waals surface area contributed by atoms with E-state index in [0.717, 1.165) is 0 Å². The molecule has 2 amide bonds. The van der Waals surface area contributed by atoms with E-state index in [2.05, 4.69) is 20.5 Å². The van der Waals surface area contributed by atoms with E-state index in [1.165, 1.54) is 20.8 Å². The Bertz CT molecular complexity index is 901. The normalized spacial score (nSPS) is 11.2. The molecule has 140 valence electrons. The third kappa shape index (κ3) is 5.14. The molecular formula is C16H20N4O5S. The summed E-state index contributed by atoms with van der Waals surface area (Å²) in [6.07, 6.45) is -0.0625. The van der Waals surface area contributed by atoms with E-state index in [9.17, 15) is 18.0 Å². The maximum atomic E-state index is 12.2. The quantitative estimate of drug-likeness (QED) is 0.668. The van der Waals surface area contributed by atoms with E-state index in [0.29, 0.717) is 11.4 Å². The molecule has 26 heavy (non-hydrogen) atoms. The van der Waals surface area contributed by atoms with Gasteiger partial charge >= 0.3 is 0 Å². The number of nitrogens with zero attached hydrogens (tertiary/aromatic N) is 1. The molecule has 2 rings (SSSR count). The highest BCUT2D eigenvalue weighted by Crippen LogP contribution is 2.18. The SMILES string of the molecule is CC(=O)Nc1cccc(NC(=O)CCNS(=O)(=O)c2c(C)noc2C)c1. The fraction of sp³-hybridized carbons (Fsp3) is 0.312. The number of benzene rings is 1. The minimum atomic E-state index is -3.80. The second-order valence-corrected chi connectivity index (χ2v) is 7.32.